The van der Waals surface area contributed by atoms with Gasteiger partial charge >= 0.3 is 0 Å². The third-order valence-corrected chi connectivity index (χ3v) is 1.71. The summed E-state index contributed by atoms with van der Waals surface area (Å²) in [5, 5.41) is 0. The molecule has 0 nitrogen and oxygen atoms in total. The zero-order chi connectivity index (χ0) is 12.0. The third-order valence-electron chi connectivity index (χ3n) is 1.71. The summed E-state index contributed by atoms with van der Waals surface area (Å²) in [7, 11) is 0. The minimum absolute atomic E-state index is 0.550. The van der Waals surface area contributed by atoms with Gasteiger partial charge in [-0.2, -0.15) is 0 Å². The Bertz CT molecular complexity index is 64.6. The fourth-order valence-corrected chi connectivity index (χ4v) is 1.10. The predicted molar refractivity (Wildman–Crippen MR) is 70.9 cm³/mol. The molecule has 14 heavy (non-hydrogen) atoms. The van der Waals surface area contributed by atoms with Crippen LogP contribution in [0.3, 0.4) is 0 Å². The van der Waals surface area contributed by atoms with Crippen LogP contribution in [0.15, 0.2) is 0 Å². The van der Waals surface area contributed by atoms with Gasteiger partial charge in [0.25, 0.3) is 0 Å². The normalized spacial score (nSPS) is 9.43. The van der Waals surface area contributed by atoms with Gasteiger partial charge in [-0.15, -0.1) is 0 Å². The molecule has 0 rings (SSSR count). The zero-order valence-electron chi connectivity index (χ0n) is 12.0. The molecule has 0 heteroatoms. The Balaban J connectivity index is -0.000000152. The van der Waals surface area contributed by atoms with E-state index in [4.69, 9.17) is 0 Å². The van der Waals surface area contributed by atoms with E-state index in [0.29, 0.717) is 5.41 Å². The Morgan fingerprint density at radius 1 is 0.714 bits per heavy atom. The molecule has 0 aliphatic heterocycles. The molecule has 0 radical (unpaired) electrons. The van der Waals surface area contributed by atoms with E-state index in [9.17, 15) is 0 Å². The Morgan fingerprint density at radius 3 is 1.07 bits per heavy atom. The van der Waals surface area contributed by atoms with Crippen molar-refractivity contribution >= 4 is 0 Å². The lowest BCUT2D eigenvalue weighted by molar-refractivity contribution is 0.373. The molecule has 0 heterocycles. The quantitative estimate of drug-likeness (QED) is 0.522. The van der Waals surface area contributed by atoms with Crippen LogP contribution in [-0.4, -0.2) is 0 Å². The van der Waals surface area contributed by atoms with Crippen LogP contribution in [0.4, 0.5) is 0 Å². The van der Waals surface area contributed by atoms with E-state index in [-0.39, 0.29) is 0 Å². The van der Waals surface area contributed by atoms with Crippen molar-refractivity contribution < 1.29 is 0 Å². The summed E-state index contributed by atoms with van der Waals surface area (Å²) in [5.41, 5.74) is 0.550. The Morgan fingerprint density at radius 2 is 1.07 bits per heavy atom. The molecule has 0 bridgehead atoms. The van der Waals surface area contributed by atoms with Gasteiger partial charge in [0, 0.05) is 0 Å². The van der Waals surface area contributed by atoms with Gasteiger partial charge in [-0.3, -0.25) is 0 Å². The summed E-state index contributed by atoms with van der Waals surface area (Å²) in [6.45, 7) is 17.5. The highest BCUT2D eigenvalue weighted by molar-refractivity contribution is 4.58. The van der Waals surface area contributed by atoms with E-state index in [1.54, 1.807) is 0 Å². The molecule has 90 valence electrons. The number of rotatable bonds is 3. The average Bonchev–Trinajstić information content (AvgIpc) is 2.08. The van der Waals surface area contributed by atoms with Crippen molar-refractivity contribution in [1.82, 2.24) is 0 Å². The molecule has 0 spiro atoms. The molecule has 0 aromatic rings. The van der Waals surface area contributed by atoms with Gasteiger partial charge in [0.2, 0.25) is 0 Å². The van der Waals surface area contributed by atoms with Crippen molar-refractivity contribution in [3.05, 3.63) is 0 Å². The lowest BCUT2D eigenvalue weighted by Gasteiger charge is -2.15. The topological polar surface area (TPSA) is 0 Å². The van der Waals surface area contributed by atoms with Crippen molar-refractivity contribution in [2.75, 3.05) is 0 Å². The molecule has 0 aromatic carbocycles. The summed E-state index contributed by atoms with van der Waals surface area (Å²) >= 11 is 0. The molecular formula is C14H34. The number of hydrogen-bond acceptors (Lipinski definition) is 0. The second-order valence-corrected chi connectivity index (χ2v) is 4.66. The monoisotopic (exact) mass is 202 g/mol. The number of hydrogen-bond donors (Lipinski definition) is 0. The SMILES string of the molecule is CC.CCCC(C)(C)C.CCCCC. The second kappa shape index (κ2) is 15.5. The zero-order valence-corrected chi connectivity index (χ0v) is 12.0. The van der Waals surface area contributed by atoms with Crippen molar-refractivity contribution in [2.45, 2.75) is 87.5 Å². The van der Waals surface area contributed by atoms with E-state index in [0.717, 1.165) is 0 Å². The molecule has 0 aliphatic carbocycles. The van der Waals surface area contributed by atoms with Crippen LogP contribution in [-0.2, 0) is 0 Å². The summed E-state index contributed by atoms with van der Waals surface area (Å²) < 4.78 is 0. The minimum Gasteiger partial charge on any atom is -0.0683 e. The Kier molecular flexibility index (Phi) is 21.6. The molecule has 0 saturated carbocycles. The standard InChI is InChI=1S/C7H16.C5H12.C2H6/c1-5-6-7(2,3)4;1-3-5-4-2;1-2/h5-6H2,1-4H3;3-5H2,1-2H3;1-2H3. The van der Waals surface area contributed by atoms with Crippen LogP contribution in [0.25, 0.3) is 0 Å². The van der Waals surface area contributed by atoms with Gasteiger partial charge in [0.15, 0.2) is 0 Å². The van der Waals surface area contributed by atoms with Crippen molar-refractivity contribution in [3.63, 3.8) is 0 Å². The third kappa shape index (κ3) is 40.3. The van der Waals surface area contributed by atoms with Crippen LogP contribution in [0, 0.1) is 5.41 Å². The Labute approximate surface area is 93.5 Å². The van der Waals surface area contributed by atoms with Crippen LogP contribution in [0.1, 0.15) is 87.5 Å². The first-order chi connectivity index (χ1) is 6.47. The van der Waals surface area contributed by atoms with E-state index in [1.165, 1.54) is 32.1 Å². The molecule has 0 aromatic heterocycles. The number of unbranched alkanes of at least 4 members (excludes halogenated alkanes) is 2. The second-order valence-electron chi connectivity index (χ2n) is 4.66. The fourth-order valence-electron chi connectivity index (χ4n) is 1.10. The van der Waals surface area contributed by atoms with Gasteiger partial charge in [-0.25, -0.2) is 0 Å². The van der Waals surface area contributed by atoms with E-state index >= 15 is 0 Å². The van der Waals surface area contributed by atoms with Gasteiger partial charge in [-0.05, 0) is 11.8 Å². The lowest BCUT2D eigenvalue weighted by atomic mass is 9.91. The van der Waals surface area contributed by atoms with Crippen molar-refractivity contribution in [1.29, 1.82) is 0 Å². The van der Waals surface area contributed by atoms with E-state index in [1.807, 2.05) is 13.8 Å². The summed E-state index contributed by atoms with van der Waals surface area (Å²) in [6, 6.07) is 0. The maximum absolute atomic E-state index is 2.27. The molecule has 0 N–H and O–H groups in total. The largest absolute Gasteiger partial charge is 0.0683 e. The smallest absolute Gasteiger partial charge is 0.0383 e. The molecule has 0 unspecified atom stereocenters. The molecule has 0 aliphatic rings. The van der Waals surface area contributed by atoms with E-state index in [2.05, 4.69) is 41.5 Å². The fraction of sp³-hybridized carbons (Fsp3) is 1.00. The molecule has 0 atom stereocenters. The Hall–Kier alpha value is 0. The van der Waals surface area contributed by atoms with Gasteiger partial charge in [0.1, 0.15) is 0 Å². The van der Waals surface area contributed by atoms with Crippen LogP contribution in [0.5, 0.6) is 0 Å². The maximum atomic E-state index is 2.27. The van der Waals surface area contributed by atoms with Gasteiger partial charge in [0.05, 0.1) is 0 Å². The molecule has 0 saturated heterocycles. The highest BCUT2D eigenvalue weighted by atomic mass is 14.1. The predicted octanol–water partition coefficient (Wildman–Crippen LogP) is 6.06. The van der Waals surface area contributed by atoms with Gasteiger partial charge in [-0.1, -0.05) is 81.1 Å². The molecule has 0 amide bonds. The first-order valence-electron chi connectivity index (χ1n) is 6.47. The van der Waals surface area contributed by atoms with Gasteiger partial charge < -0.3 is 0 Å². The van der Waals surface area contributed by atoms with Crippen molar-refractivity contribution in [2.24, 2.45) is 5.41 Å². The maximum Gasteiger partial charge on any atom is -0.0383 e. The summed E-state index contributed by atoms with van der Waals surface area (Å²) in [4.78, 5) is 0. The van der Waals surface area contributed by atoms with Crippen molar-refractivity contribution in [3.8, 4) is 0 Å². The molecular weight excluding hydrogens is 168 g/mol. The first-order valence-corrected chi connectivity index (χ1v) is 6.47. The summed E-state index contributed by atoms with van der Waals surface area (Å²) in [6.07, 6.45) is 6.73. The van der Waals surface area contributed by atoms with Crippen LogP contribution in [0.2, 0.25) is 0 Å². The average molecular weight is 202 g/mol. The minimum atomic E-state index is 0.550. The first kappa shape index (κ1) is 19.6. The highest BCUT2D eigenvalue weighted by Gasteiger charge is 2.06. The lowest BCUT2D eigenvalue weighted by Crippen LogP contribution is -2.02. The van der Waals surface area contributed by atoms with E-state index < -0.39 is 0 Å². The molecule has 0 fully saturated rings. The van der Waals surface area contributed by atoms with Crippen LogP contribution >= 0.6 is 0 Å². The highest BCUT2D eigenvalue weighted by Crippen LogP contribution is 2.19. The summed E-state index contributed by atoms with van der Waals surface area (Å²) in [5.74, 6) is 0. The van der Waals surface area contributed by atoms with Crippen LogP contribution < -0.4 is 0 Å².